The van der Waals surface area contributed by atoms with Gasteiger partial charge in [0, 0.05) is 41.7 Å². The largest absolute Gasteiger partial charge is 0.456 e. The Kier molecular flexibility index (Phi) is 5.24. The minimum absolute atomic E-state index is 0.0221. The summed E-state index contributed by atoms with van der Waals surface area (Å²) in [5.41, 5.74) is -0.313. The van der Waals surface area contributed by atoms with Crippen LogP contribution in [0, 0.1) is 10.1 Å². The van der Waals surface area contributed by atoms with Gasteiger partial charge in [0.1, 0.15) is 6.61 Å². The van der Waals surface area contributed by atoms with Crippen molar-refractivity contribution in [3.63, 3.8) is 0 Å². The van der Waals surface area contributed by atoms with Crippen LogP contribution in [0.25, 0.3) is 4.96 Å². The molecule has 152 valence electrons. The minimum Gasteiger partial charge on any atom is -0.456 e. The number of non-ortho nitro benzene ring substituents is 1. The lowest BCUT2D eigenvalue weighted by atomic mass is 10.2. The molecule has 0 atom stereocenters. The number of ether oxygens (including phenoxy) is 1. The van der Waals surface area contributed by atoms with Gasteiger partial charge in [-0.3, -0.25) is 19.3 Å². The van der Waals surface area contributed by atoms with Gasteiger partial charge in [0.25, 0.3) is 11.2 Å². The van der Waals surface area contributed by atoms with E-state index in [1.54, 1.807) is 18.6 Å². The number of nitrogens with zero attached hydrogens (tertiary/aromatic N) is 7. The molecule has 4 aromatic rings. The third-order valence-corrected chi connectivity index (χ3v) is 5.74. The van der Waals surface area contributed by atoms with Crippen molar-refractivity contribution in [2.75, 3.05) is 0 Å². The minimum atomic E-state index is -0.801. The molecule has 0 amide bonds. The molecule has 3 heterocycles. The summed E-state index contributed by atoms with van der Waals surface area (Å²) in [5.74, 6) is -0.801. The number of carbonyl (C=O) groups is 1. The molecule has 0 aliphatic heterocycles. The number of nitro groups is 1. The lowest BCUT2D eigenvalue weighted by Crippen LogP contribution is -2.15. The van der Waals surface area contributed by atoms with Crippen LogP contribution in [0.3, 0.4) is 0 Å². The van der Waals surface area contributed by atoms with Crippen LogP contribution in [0.1, 0.15) is 16.1 Å². The van der Waals surface area contributed by atoms with Crippen molar-refractivity contribution in [2.45, 2.75) is 16.7 Å². The Morgan fingerprint density at radius 2 is 2.20 bits per heavy atom. The smallest absolute Gasteiger partial charge is 0.339 e. The average molecular weight is 445 g/mol. The average Bonchev–Trinajstić information content (AvgIpc) is 3.35. The monoisotopic (exact) mass is 445 g/mol. The zero-order chi connectivity index (χ0) is 21.3. The van der Waals surface area contributed by atoms with Crippen molar-refractivity contribution >= 4 is 39.7 Å². The third kappa shape index (κ3) is 3.90. The predicted molar refractivity (Wildman–Crippen MR) is 104 cm³/mol. The standard InChI is InChI=1S/C16H11N7O5S2/c1-21-16(18-19-20-21)30-12-3-2-10(23(26)27)7-11(12)14(25)28-8-9-6-13(24)22-4-5-29-15(22)17-9/h2-7H,8H2,1H3. The lowest BCUT2D eigenvalue weighted by molar-refractivity contribution is -0.384. The van der Waals surface area contributed by atoms with E-state index in [0.717, 1.165) is 17.8 Å². The molecule has 30 heavy (non-hydrogen) atoms. The Labute approximate surface area is 175 Å². The van der Waals surface area contributed by atoms with E-state index in [0.29, 0.717) is 15.0 Å². The van der Waals surface area contributed by atoms with Gasteiger partial charge < -0.3 is 4.74 Å². The topological polar surface area (TPSA) is 147 Å². The van der Waals surface area contributed by atoms with E-state index in [9.17, 15) is 19.7 Å². The summed E-state index contributed by atoms with van der Waals surface area (Å²) < 4.78 is 8.05. The van der Waals surface area contributed by atoms with Gasteiger partial charge in [-0.2, -0.15) is 0 Å². The second-order valence-corrected chi connectivity index (χ2v) is 7.72. The van der Waals surface area contributed by atoms with Crippen molar-refractivity contribution in [1.82, 2.24) is 29.6 Å². The van der Waals surface area contributed by atoms with E-state index in [2.05, 4.69) is 20.5 Å². The van der Waals surface area contributed by atoms with E-state index >= 15 is 0 Å². The second kappa shape index (κ2) is 8.00. The number of aryl methyl sites for hydroxylation is 1. The van der Waals surface area contributed by atoms with Gasteiger partial charge in [-0.15, -0.1) is 16.4 Å². The Balaban J connectivity index is 1.60. The number of aromatic nitrogens is 6. The van der Waals surface area contributed by atoms with Crippen molar-refractivity contribution in [3.8, 4) is 0 Å². The third-order valence-electron chi connectivity index (χ3n) is 3.88. The number of fused-ring (bicyclic) bond motifs is 1. The zero-order valence-corrected chi connectivity index (χ0v) is 16.8. The summed E-state index contributed by atoms with van der Waals surface area (Å²) in [5, 5.41) is 24.3. The van der Waals surface area contributed by atoms with Gasteiger partial charge in [-0.05, 0) is 28.3 Å². The maximum absolute atomic E-state index is 12.7. The van der Waals surface area contributed by atoms with E-state index in [4.69, 9.17) is 4.74 Å². The van der Waals surface area contributed by atoms with Gasteiger partial charge in [0.15, 0.2) is 4.96 Å². The molecule has 1 aromatic carbocycles. The predicted octanol–water partition coefficient (Wildman–Crippen LogP) is 1.70. The number of thiazole rings is 1. The maximum Gasteiger partial charge on any atom is 0.339 e. The zero-order valence-electron chi connectivity index (χ0n) is 15.2. The molecule has 3 aromatic heterocycles. The maximum atomic E-state index is 12.7. The molecule has 0 fully saturated rings. The highest BCUT2D eigenvalue weighted by molar-refractivity contribution is 7.99. The molecule has 0 aliphatic carbocycles. The SMILES string of the molecule is Cn1nnnc1Sc1ccc([N+](=O)[O-])cc1C(=O)OCc1cc(=O)n2ccsc2n1. The first-order valence-electron chi connectivity index (χ1n) is 8.24. The highest BCUT2D eigenvalue weighted by Gasteiger charge is 2.21. The molecule has 0 bridgehead atoms. The first kappa shape index (κ1) is 19.7. The van der Waals surface area contributed by atoms with Crippen LogP contribution in [0.4, 0.5) is 5.69 Å². The van der Waals surface area contributed by atoms with Gasteiger partial charge in [0.2, 0.25) is 5.16 Å². The number of rotatable bonds is 6. The number of tetrazole rings is 1. The number of nitro benzene ring substituents is 1. The normalized spacial score (nSPS) is 11.0. The molecule has 0 saturated heterocycles. The van der Waals surface area contributed by atoms with Gasteiger partial charge in [-0.1, -0.05) is 0 Å². The van der Waals surface area contributed by atoms with Gasteiger partial charge >= 0.3 is 5.97 Å². The summed E-state index contributed by atoms with van der Waals surface area (Å²) in [4.78, 5) is 40.4. The highest BCUT2D eigenvalue weighted by atomic mass is 32.2. The molecule has 4 rings (SSSR count). The molecular formula is C16H11N7O5S2. The van der Waals surface area contributed by atoms with Crippen molar-refractivity contribution in [3.05, 3.63) is 67.6 Å². The number of carbonyl (C=O) groups excluding carboxylic acids is 1. The summed E-state index contributed by atoms with van der Waals surface area (Å²) in [6, 6.07) is 5.09. The van der Waals surface area contributed by atoms with Crippen molar-refractivity contribution < 1.29 is 14.5 Å². The van der Waals surface area contributed by atoms with Crippen molar-refractivity contribution in [2.24, 2.45) is 7.05 Å². The molecule has 0 unspecified atom stereocenters. The van der Waals surface area contributed by atoms with Gasteiger partial charge in [0.05, 0.1) is 16.2 Å². The quantitative estimate of drug-likeness (QED) is 0.244. The fraction of sp³-hybridized carbons (Fsp3) is 0.125. The van der Waals surface area contributed by atoms with E-state index in [1.807, 2.05) is 0 Å². The molecule has 0 spiro atoms. The Morgan fingerprint density at radius 1 is 1.37 bits per heavy atom. The van der Waals surface area contributed by atoms with Crippen LogP contribution < -0.4 is 5.56 Å². The number of benzene rings is 1. The van der Waals surface area contributed by atoms with Crippen molar-refractivity contribution in [1.29, 1.82) is 0 Å². The lowest BCUT2D eigenvalue weighted by Gasteiger charge is -2.09. The van der Waals surface area contributed by atoms with Crippen LogP contribution in [-0.2, 0) is 18.4 Å². The van der Waals surface area contributed by atoms with E-state index in [1.165, 1.54) is 38.6 Å². The summed E-state index contributed by atoms with van der Waals surface area (Å²) in [6.45, 7) is -0.263. The molecule has 14 heteroatoms. The molecule has 12 nitrogen and oxygen atoms in total. The Bertz CT molecular complexity index is 1330. The highest BCUT2D eigenvalue weighted by Crippen LogP contribution is 2.31. The van der Waals surface area contributed by atoms with Crippen LogP contribution in [0.15, 0.2) is 50.7 Å². The fourth-order valence-electron chi connectivity index (χ4n) is 2.47. The fourth-order valence-corrected chi connectivity index (χ4v) is 4.03. The van der Waals surface area contributed by atoms with E-state index in [-0.39, 0.29) is 29.1 Å². The second-order valence-electron chi connectivity index (χ2n) is 5.84. The summed E-state index contributed by atoms with van der Waals surface area (Å²) in [6.07, 6.45) is 1.60. The van der Waals surface area contributed by atoms with Crippen LogP contribution in [-0.4, -0.2) is 40.5 Å². The molecule has 0 saturated carbocycles. The van der Waals surface area contributed by atoms with Crippen LogP contribution >= 0.6 is 23.1 Å². The van der Waals surface area contributed by atoms with Crippen LogP contribution in [0.2, 0.25) is 0 Å². The number of hydrogen-bond donors (Lipinski definition) is 0. The number of hydrogen-bond acceptors (Lipinski definition) is 11. The Hall–Kier alpha value is -3.65. The molecular weight excluding hydrogens is 434 g/mol. The summed E-state index contributed by atoms with van der Waals surface area (Å²) in [7, 11) is 1.62. The first-order chi connectivity index (χ1) is 14.4. The van der Waals surface area contributed by atoms with Crippen LogP contribution in [0.5, 0.6) is 0 Å². The van der Waals surface area contributed by atoms with E-state index < -0.39 is 10.9 Å². The molecule has 0 radical (unpaired) electrons. The first-order valence-corrected chi connectivity index (χ1v) is 9.93. The molecule has 0 aliphatic rings. The Morgan fingerprint density at radius 3 is 2.93 bits per heavy atom. The summed E-state index contributed by atoms with van der Waals surface area (Å²) >= 11 is 2.33. The molecule has 0 N–H and O–H groups in total. The number of esters is 1. The van der Waals surface area contributed by atoms with Gasteiger partial charge in [-0.25, -0.2) is 14.5 Å².